The fourth-order valence-electron chi connectivity index (χ4n) is 4.80. The van der Waals surface area contributed by atoms with E-state index in [1.54, 1.807) is 14.2 Å². The lowest BCUT2D eigenvalue weighted by Crippen LogP contribution is -2.29. The summed E-state index contributed by atoms with van der Waals surface area (Å²) in [6.45, 7) is 12.9. The van der Waals surface area contributed by atoms with Gasteiger partial charge in [-0.2, -0.15) is 5.10 Å². The first kappa shape index (κ1) is 21.6. The Morgan fingerprint density at radius 2 is 1.65 bits per heavy atom. The van der Waals surface area contributed by atoms with E-state index >= 15 is 0 Å². The first-order chi connectivity index (χ1) is 14.5. The van der Waals surface area contributed by atoms with Crippen LogP contribution in [0.15, 0.2) is 23.2 Å². The summed E-state index contributed by atoms with van der Waals surface area (Å²) in [7, 11) is 3.27. The van der Waals surface area contributed by atoms with E-state index in [9.17, 15) is 4.79 Å². The van der Waals surface area contributed by atoms with Gasteiger partial charge in [-0.15, -0.1) is 0 Å². The van der Waals surface area contributed by atoms with Crippen LogP contribution in [0.3, 0.4) is 0 Å². The lowest BCUT2D eigenvalue weighted by Gasteiger charge is -2.31. The number of hydrogen-bond donors (Lipinski definition) is 0. The van der Waals surface area contributed by atoms with Gasteiger partial charge in [0.25, 0.3) is 0 Å². The Morgan fingerprint density at radius 3 is 2.23 bits per heavy atom. The molecule has 2 aromatic rings. The number of carbonyl (C=O) groups is 1. The molecule has 1 aromatic carbocycles. The molecule has 1 aromatic heterocycles. The summed E-state index contributed by atoms with van der Waals surface area (Å²) in [6, 6.07) is 5.97. The van der Waals surface area contributed by atoms with Gasteiger partial charge in [-0.25, -0.2) is 9.67 Å². The normalized spacial score (nSPS) is 20.9. The fraction of sp³-hybridized carbons (Fsp3) is 0.560. The first-order valence-electron chi connectivity index (χ1n) is 10.9. The number of Topliss-reactive ketones (excluding diaryl/α,β-unsaturated/α-hetero) is 1. The van der Waals surface area contributed by atoms with E-state index in [2.05, 4.69) is 41.5 Å². The van der Waals surface area contributed by atoms with Crippen molar-refractivity contribution in [2.75, 3.05) is 14.2 Å². The maximum absolute atomic E-state index is 13.1. The van der Waals surface area contributed by atoms with Gasteiger partial charge in [0, 0.05) is 29.0 Å². The molecule has 4 rings (SSSR count). The van der Waals surface area contributed by atoms with Crippen molar-refractivity contribution in [3.8, 4) is 11.5 Å². The number of methoxy groups -OCH3 is 2. The van der Waals surface area contributed by atoms with Crippen LogP contribution in [0.25, 0.3) is 0 Å². The summed E-state index contributed by atoms with van der Waals surface area (Å²) in [4.78, 5) is 18.1. The molecule has 2 aliphatic rings. The standard InChI is InChI=1S/C25H33N3O3/c1-24(2,3)22-21-19(14-9-12-17(30-7)18(13-14)31-8)20-15(10-11-16(20)29)26-23(21)28(27-22)25(4,5)6/h9,12-13,19-20H,10-11H2,1-8H3. The molecule has 6 heteroatoms. The zero-order valence-corrected chi connectivity index (χ0v) is 19.9. The zero-order valence-electron chi connectivity index (χ0n) is 19.9. The summed E-state index contributed by atoms with van der Waals surface area (Å²) < 4.78 is 13.1. The molecule has 1 aliphatic carbocycles. The number of ether oxygens (including phenoxy) is 2. The molecule has 2 unspecified atom stereocenters. The van der Waals surface area contributed by atoms with Gasteiger partial charge in [0.1, 0.15) is 5.78 Å². The van der Waals surface area contributed by atoms with Crippen LogP contribution in [0.5, 0.6) is 11.5 Å². The largest absolute Gasteiger partial charge is 0.493 e. The summed E-state index contributed by atoms with van der Waals surface area (Å²) in [5.74, 6) is 2.10. The Balaban J connectivity index is 2.04. The molecule has 1 saturated carbocycles. The van der Waals surface area contributed by atoms with Gasteiger partial charge in [0.2, 0.25) is 0 Å². The predicted molar refractivity (Wildman–Crippen MR) is 122 cm³/mol. The van der Waals surface area contributed by atoms with Crippen molar-refractivity contribution >= 4 is 17.3 Å². The molecule has 2 atom stereocenters. The van der Waals surface area contributed by atoms with Gasteiger partial charge < -0.3 is 9.47 Å². The zero-order chi connectivity index (χ0) is 22.7. The molecule has 166 valence electrons. The van der Waals surface area contributed by atoms with E-state index in [1.165, 1.54) is 0 Å². The minimum atomic E-state index is -0.246. The molecule has 1 aliphatic heterocycles. The average Bonchev–Trinajstić information content (AvgIpc) is 3.26. The average molecular weight is 424 g/mol. The molecule has 0 bridgehead atoms. The Hall–Kier alpha value is -2.63. The second-order valence-corrected chi connectivity index (χ2v) is 10.6. The number of aliphatic imine (C=N–C) groups is 1. The molecule has 0 radical (unpaired) electrons. The van der Waals surface area contributed by atoms with E-state index in [-0.39, 0.29) is 28.6 Å². The lowest BCUT2D eigenvalue weighted by molar-refractivity contribution is -0.120. The molecular weight excluding hydrogens is 390 g/mol. The second-order valence-electron chi connectivity index (χ2n) is 10.6. The van der Waals surface area contributed by atoms with Gasteiger partial charge >= 0.3 is 0 Å². The van der Waals surface area contributed by atoms with Crippen molar-refractivity contribution in [1.29, 1.82) is 0 Å². The molecule has 0 amide bonds. The Morgan fingerprint density at radius 1 is 0.968 bits per heavy atom. The summed E-state index contributed by atoms with van der Waals surface area (Å²) in [5, 5.41) is 5.08. The minimum absolute atomic E-state index is 0.136. The third kappa shape index (κ3) is 3.46. The number of aromatic nitrogens is 2. The van der Waals surface area contributed by atoms with Gasteiger partial charge in [-0.05, 0) is 44.9 Å². The van der Waals surface area contributed by atoms with Crippen LogP contribution in [0, 0.1) is 5.92 Å². The molecule has 6 nitrogen and oxygen atoms in total. The van der Waals surface area contributed by atoms with Crippen LogP contribution in [0.2, 0.25) is 0 Å². The van der Waals surface area contributed by atoms with Crippen molar-refractivity contribution in [1.82, 2.24) is 9.78 Å². The fourth-order valence-corrected chi connectivity index (χ4v) is 4.80. The SMILES string of the molecule is COc1ccc(C2c3c(C(C)(C)C)nn(C(C)(C)C)c3N=C3CCC(=O)C32)cc1OC. The number of fused-ring (bicyclic) bond motifs is 2. The smallest absolute Gasteiger partial charge is 0.161 e. The summed E-state index contributed by atoms with van der Waals surface area (Å²) in [5.41, 5.74) is 3.66. The predicted octanol–water partition coefficient (Wildman–Crippen LogP) is 5.15. The van der Waals surface area contributed by atoms with E-state index < -0.39 is 0 Å². The van der Waals surface area contributed by atoms with Crippen LogP contribution in [0.1, 0.15) is 77.1 Å². The molecule has 0 N–H and O–H groups in total. The summed E-state index contributed by atoms with van der Waals surface area (Å²) >= 11 is 0. The number of ketones is 1. The van der Waals surface area contributed by atoms with Gasteiger partial charge in [0.05, 0.1) is 31.4 Å². The highest BCUT2D eigenvalue weighted by Crippen LogP contribution is 2.51. The van der Waals surface area contributed by atoms with Crippen LogP contribution in [-0.4, -0.2) is 35.5 Å². The van der Waals surface area contributed by atoms with Crippen LogP contribution >= 0.6 is 0 Å². The molecule has 31 heavy (non-hydrogen) atoms. The van der Waals surface area contributed by atoms with E-state index in [4.69, 9.17) is 19.6 Å². The van der Waals surface area contributed by atoms with E-state index in [1.807, 2.05) is 22.9 Å². The van der Waals surface area contributed by atoms with E-state index in [0.717, 1.165) is 28.4 Å². The monoisotopic (exact) mass is 423 g/mol. The number of carbonyl (C=O) groups excluding carboxylic acids is 1. The first-order valence-corrected chi connectivity index (χ1v) is 10.9. The Kier molecular flexibility index (Phi) is 5.02. The maximum Gasteiger partial charge on any atom is 0.161 e. The van der Waals surface area contributed by atoms with Crippen LogP contribution < -0.4 is 9.47 Å². The van der Waals surface area contributed by atoms with Crippen molar-refractivity contribution in [3.05, 3.63) is 35.0 Å². The highest BCUT2D eigenvalue weighted by Gasteiger charge is 2.47. The second kappa shape index (κ2) is 7.21. The van der Waals surface area contributed by atoms with Gasteiger partial charge in [-0.3, -0.25) is 4.79 Å². The van der Waals surface area contributed by atoms with Crippen molar-refractivity contribution in [2.45, 2.75) is 71.3 Å². The van der Waals surface area contributed by atoms with Crippen molar-refractivity contribution < 1.29 is 14.3 Å². The maximum atomic E-state index is 13.1. The Bertz CT molecular complexity index is 1070. The third-order valence-corrected chi connectivity index (χ3v) is 6.24. The molecule has 2 heterocycles. The number of nitrogens with zero attached hydrogens (tertiary/aromatic N) is 3. The van der Waals surface area contributed by atoms with E-state index in [0.29, 0.717) is 24.3 Å². The van der Waals surface area contributed by atoms with Crippen molar-refractivity contribution in [2.24, 2.45) is 10.9 Å². The van der Waals surface area contributed by atoms with Gasteiger partial charge in [0.15, 0.2) is 17.3 Å². The third-order valence-electron chi connectivity index (χ3n) is 6.24. The Labute approximate surface area is 184 Å². The van der Waals surface area contributed by atoms with Crippen molar-refractivity contribution in [3.63, 3.8) is 0 Å². The number of hydrogen-bond acceptors (Lipinski definition) is 5. The molecular formula is C25H33N3O3. The van der Waals surface area contributed by atoms with Crippen LogP contribution in [-0.2, 0) is 15.7 Å². The highest BCUT2D eigenvalue weighted by atomic mass is 16.5. The lowest BCUT2D eigenvalue weighted by atomic mass is 9.73. The summed E-state index contributed by atoms with van der Waals surface area (Å²) in [6.07, 6.45) is 1.26. The van der Waals surface area contributed by atoms with Gasteiger partial charge in [-0.1, -0.05) is 26.8 Å². The molecule has 0 saturated heterocycles. The molecule has 0 spiro atoms. The quantitative estimate of drug-likeness (QED) is 0.685. The topological polar surface area (TPSA) is 65.7 Å². The molecule has 1 fully saturated rings. The van der Waals surface area contributed by atoms with Crippen LogP contribution in [0.4, 0.5) is 5.82 Å². The minimum Gasteiger partial charge on any atom is -0.493 e. The number of benzene rings is 1. The number of rotatable bonds is 3. The highest BCUT2D eigenvalue weighted by molar-refractivity contribution is 6.14.